The maximum Gasteiger partial charge on any atom is 0.267 e. The predicted octanol–water partition coefficient (Wildman–Crippen LogP) is 0.902. The van der Waals surface area contributed by atoms with Gasteiger partial charge in [-0.3, -0.25) is 9.59 Å². The fourth-order valence-corrected chi connectivity index (χ4v) is 1.98. The molecule has 0 radical (unpaired) electrons. The standard InChI is InChI=1S/C11H19N3O2S/c1-17-8-4-2-3-7-12-11(16)9-5-6-10(15)14-13-9/h2-8H2,1H3,(H,12,16)(H,14,15). The number of carbonyl (C=O) groups excluding carboxylic acids is 2. The molecule has 0 aromatic rings. The molecule has 1 aliphatic rings. The molecule has 1 heterocycles. The summed E-state index contributed by atoms with van der Waals surface area (Å²) >= 11 is 1.84. The summed E-state index contributed by atoms with van der Waals surface area (Å²) in [4.78, 5) is 22.4. The number of hydrogen-bond donors (Lipinski definition) is 2. The quantitative estimate of drug-likeness (QED) is 0.666. The third-order valence-corrected chi connectivity index (χ3v) is 3.17. The van der Waals surface area contributed by atoms with E-state index in [4.69, 9.17) is 0 Å². The third-order valence-electron chi connectivity index (χ3n) is 2.48. The van der Waals surface area contributed by atoms with Crippen LogP contribution in [0.25, 0.3) is 0 Å². The van der Waals surface area contributed by atoms with Gasteiger partial charge in [-0.15, -0.1) is 0 Å². The Bertz CT molecular complexity index is 305. The first-order valence-electron chi connectivity index (χ1n) is 5.86. The normalized spacial score (nSPS) is 15.1. The lowest BCUT2D eigenvalue weighted by molar-refractivity contribution is -0.121. The molecule has 2 amide bonds. The van der Waals surface area contributed by atoms with Gasteiger partial charge in [0.05, 0.1) is 0 Å². The van der Waals surface area contributed by atoms with E-state index in [1.165, 1.54) is 12.2 Å². The summed E-state index contributed by atoms with van der Waals surface area (Å²) < 4.78 is 0. The summed E-state index contributed by atoms with van der Waals surface area (Å²) in [5.41, 5.74) is 2.74. The van der Waals surface area contributed by atoms with Crippen LogP contribution in [0, 0.1) is 0 Å². The van der Waals surface area contributed by atoms with Crippen LogP contribution in [0.3, 0.4) is 0 Å². The first-order chi connectivity index (χ1) is 8.24. The highest BCUT2D eigenvalue weighted by Gasteiger charge is 2.17. The summed E-state index contributed by atoms with van der Waals surface area (Å²) in [5.74, 6) is 0.889. The second-order valence-corrected chi connectivity index (χ2v) is 4.89. The van der Waals surface area contributed by atoms with Crippen LogP contribution in [0.1, 0.15) is 32.1 Å². The van der Waals surface area contributed by atoms with E-state index < -0.39 is 0 Å². The second-order valence-electron chi connectivity index (χ2n) is 3.90. The topological polar surface area (TPSA) is 70.6 Å². The lowest BCUT2D eigenvalue weighted by atomic mass is 10.1. The van der Waals surface area contributed by atoms with E-state index in [9.17, 15) is 9.59 Å². The monoisotopic (exact) mass is 257 g/mol. The Kier molecular flexibility index (Phi) is 6.69. The number of hydrogen-bond acceptors (Lipinski definition) is 4. The number of hydrazone groups is 1. The van der Waals surface area contributed by atoms with Crippen molar-refractivity contribution in [2.45, 2.75) is 32.1 Å². The zero-order chi connectivity index (χ0) is 12.5. The maximum atomic E-state index is 11.6. The van der Waals surface area contributed by atoms with Gasteiger partial charge in [-0.1, -0.05) is 6.42 Å². The zero-order valence-electron chi connectivity index (χ0n) is 10.1. The Morgan fingerprint density at radius 1 is 1.41 bits per heavy atom. The van der Waals surface area contributed by atoms with Gasteiger partial charge in [0, 0.05) is 19.4 Å². The van der Waals surface area contributed by atoms with Crippen molar-refractivity contribution in [2.75, 3.05) is 18.6 Å². The van der Waals surface area contributed by atoms with Gasteiger partial charge >= 0.3 is 0 Å². The molecule has 17 heavy (non-hydrogen) atoms. The van der Waals surface area contributed by atoms with Crippen LogP contribution < -0.4 is 10.7 Å². The number of amides is 2. The third kappa shape index (κ3) is 5.72. The van der Waals surface area contributed by atoms with Crippen LogP contribution in [0.4, 0.5) is 0 Å². The molecule has 0 spiro atoms. The lowest BCUT2D eigenvalue weighted by Crippen LogP contribution is -2.37. The smallest absolute Gasteiger partial charge is 0.267 e. The minimum Gasteiger partial charge on any atom is -0.351 e. The fourth-order valence-electron chi connectivity index (χ4n) is 1.49. The first kappa shape index (κ1) is 14.0. The van der Waals surface area contributed by atoms with Crippen LogP contribution >= 0.6 is 11.8 Å². The van der Waals surface area contributed by atoms with Gasteiger partial charge in [0.25, 0.3) is 5.91 Å². The molecule has 0 saturated heterocycles. The van der Waals surface area contributed by atoms with Gasteiger partial charge < -0.3 is 5.32 Å². The number of carbonyl (C=O) groups is 2. The van der Waals surface area contributed by atoms with Crippen LogP contribution in [0.15, 0.2) is 5.10 Å². The van der Waals surface area contributed by atoms with Crippen molar-refractivity contribution in [2.24, 2.45) is 5.10 Å². The minimum absolute atomic E-state index is 0.126. The number of nitrogens with one attached hydrogen (secondary N) is 2. The Morgan fingerprint density at radius 3 is 2.88 bits per heavy atom. The van der Waals surface area contributed by atoms with Gasteiger partial charge in [-0.25, -0.2) is 5.43 Å². The second kappa shape index (κ2) is 8.11. The number of rotatable bonds is 7. The predicted molar refractivity (Wildman–Crippen MR) is 70.1 cm³/mol. The van der Waals surface area contributed by atoms with Gasteiger partial charge in [-0.05, 0) is 24.9 Å². The Hall–Kier alpha value is -1.04. The highest BCUT2D eigenvalue weighted by Crippen LogP contribution is 2.02. The number of unbranched alkanes of at least 4 members (excludes halogenated alkanes) is 2. The van der Waals surface area contributed by atoms with Crippen molar-refractivity contribution >= 4 is 29.3 Å². The molecule has 1 aliphatic heterocycles. The molecule has 0 saturated carbocycles. The summed E-state index contributed by atoms with van der Waals surface area (Å²) in [6.07, 6.45) is 6.19. The average Bonchev–Trinajstić information content (AvgIpc) is 2.34. The van der Waals surface area contributed by atoms with Gasteiger partial charge in [0.15, 0.2) is 0 Å². The van der Waals surface area contributed by atoms with Crippen LogP contribution in [-0.4, -0.2) is 36.1 Å². The molecule has 6 heteroatoms. The van der Waals surface area contributed by atoms with Crippen LogP contribution in [-0.2, 0) is 9.59 Å². The highest BCUT2D eigenvalue weighted by molar-refractivity contribution is 7.98. The van der Waals surface area contributed by atoms with E-state index in [-0.39, 0.29) is 11.8 Å². The molecule has 2 N–H and O–H groups in total. The van der Waals surface area contributed by atoms with E-state index in [2.05, 4.69) is 22.1 Å². The average molecular weight is 257 g/mol. The van der Waals surface area contributed by atoms with Crippen molar-refractivity contribution in [1.82, 2.24) is 10.7 Å². The van der Waals surface area contributed by atoms with E-state index in [1.807, 2.05) is 11.8 Å². The molecule has 0 aliphatic carbocycles. The number of thioether (sulfide) groups is 1. The lowest BCUT2D eigenvalue weighted by Gasteiger charge is -2.11. The van der Waals surface area contributed by atoms with Crippen molar-refractivity contribution < 1.29 is 9.59 Å². The molecule has 96 valence electrons. The summed E-state index contributed by atoms with van der Waals surface area (Å²) in [6.45, 7) is 0.681. The van der Waals surface area contributed by atoms with Gasteiger partial charge in [0.1, 0.15) is 5.71 Å². The molecule has 0 unspecified atom stereocenters. The molecule has 5 nitrogen and oxygen atoms in total. The molecule has 0 atom stereocenters. The van der Waals surface area contributed by atoms with Crippen molar-refractivity contribution in [1.29, 1.82) is 0 Å². The summed E-state index contributed by atoms with van der Waals surface area (Å²) in [5, 5.41) is 6.56. The SMILES string of the molecule is CSCCCCCNC(=O)C1=NNC(=O)CC1. The molecular formula is C11H19N3O2S. The van der Waals surface area contributed by atoms with Crippen molar-refractivity contribution in [3.8, 4) is 0 Å². The zero-order valence-corrected chi connectivity index (χ0v) is 10.9. The van der Waals surface area contributed by atoms with E-state index >= 15 is 0 Å². The minimum atomic E-state index is -0.158. The van der Waals surface area contributed by atoms with E-state index in [0.717, 1.165) is 12.8 Å². The molecule has 1 rings (SSSR count). The van der Waals surface area contributed by atoms with Crippen molar-refractivity contribution in [3.63, 3.8) is 0 Å². The summed E-state index contributed by atoms with van der Waals surface area (Å²) in [6, 6.07) is 0. The van der Waals surface area contributed by atoms with Crippen LogP contribution in [0.5, 0.6) is 0 Å². The molecular weight excluding hydrogens is 238 g/mol. The van der Waals surface area contributed by atoms with Crippen molar-refractivity contribution in [3.05, 3.63) is 0 Å². The Labute approximate surface area is 106 Å². The molecule has 0 fully saturated rings. The fraction of sp³-hybridized carbons (Fsp3) is 0.727. The van der Waals surface area contributed by atoms with Gasteiger partial charge in [-0.2, -0.15) is 16.9 Å². The van der Waals surface area contributed by atoms with Gasteiger partial charge in [0.2, 0.25) is 5.91 Å². The molecule has 0 aromatic heterocycles. The van der Waals surface area contributed by atoms with Crippen LogP contribution in [0.2, 0.25) is 0 Å². The Balaban J connectivity index is 2.11. The molecule has 0 bridgehead atoms. The maximum absolute atomic E-state index is 11.6. The molecule has 0 aromatic carbocycles. The largest absolute Gasteiger partial charge is 0.351 e. The first-order valence-corrected chi connectivity index (χ1v) is 7.26. The van der Waals surface area contributed by atoms with E-state index in [1.54, 1.807) is 0 Å². The van der Waals surface area contributed by atoms with E-state index in [0.29, 0.717) is 25.1 Å². The number of nitrogens with zero attached hydrogens (tertiary/aromatic N) is 1. The Morgan fingerprint density at radius 2 is 2.24 bits per heavy atom. The summed E-state index contributed by atoms with van der Waals surface area (Å²) in [7, 11) is 0. The highest BCUT2D eigenvalue weighted by atomic mass is 32.2.